The summed E-state index contributed by atoms with van der Waals surface area (Å²) in [5, 5.41) is 11.7. The Bertz CT molecular complexity index is 408. The number of hydrogen-bond donors (Lipinski definition) is 1. The number of anilines is 1. The average Bonchev–Trinajstić information content (AvgIpc) is 2.33. The Morgan fingerprint density at radius 1 is 1.50 bits per heavy atom. The molecule has 0 saturated carbocycles. The first-order valence-electron chi connectivity index (χ1n) is 5.33. The zero-order chi connectivity index (χ0) is 11.4. The molecule has 0 aromatic heterocycles. The number of nitrogens with zero attached hydrogens (tertiary/aromatic N) is 1. The topological polar surface area (TPSA) is 45.0 Å². The van der Waals surface area contributed by atoms with E-state index in [1.54, 1.807) is 12.1 Å². The minimum Gasteiger partial charge on any atom is -0.379 e. The molecule has 0 radical (unpaired) electrons. The van der Waals surface area contributed by atoms with Crippen LogP contribution in [0, 0.1) is 17.1 Å². The molecule has 1 aromatic carbocycles. The van der Waals surface area contributed by atoms with Crippen LogP contribution in [0.1, 0.15) is 18.4 Å². The van der Waals surface area contributed by atoms with Crippen molar-refractivity contribution in [1.82, 2.24) is 0 Å². The van der Waals surface area contributed by atoms with Crippen LogP contribution >= 0.6 is 0 Å². The van der Waals surface area contributed by atoms with E-state index in [1.807, 2.05) is 6.07 Å². The highest BCUT2D eigenvalue weighted by atomic mass is 19.1. The molecule has 1 N–H and O–H groups in total. The van der Waals surface area contributed by atoms with E-state index in [4.69, 9.17) is 10.00 Å². The Morgan fingerprint density at radius 3 is 3.00 bits per heavy atom. The van der Waals surface area contributed by atoms with Crippen LogP contribution in [0.4, 0.5) is 10.1 Å². The molecule has 1 aliphatic rings. The van der Waals surface area contributed by atoms with Gasteiger partial charge in [0.25, 0.3) is 0 Å². The summed E-state index contributed by atoms with van der Waals surface area (Å²) in [4.78, 5) is 0. The van der Waals surface area contributed by atoms with Crippen molar-refractivity contribution in [1.29, 1.82) is 5.26 Å². The molecule has 4 heteroatoms. The molecular formula is C12H13FN2O. The standard InChI is InChI=1S/C12H13FN2O/c13-11-6-9(7-14)3-4-12(11)15-10-2-1-5-16-8-10/h3-4,6,10,15H,1-2,5,8H2. The maximum Gasteiger partial charge on any atom is 0.147 e. The van der Waals surface area contributed by atoms with E-state index in [1.165, 1.54) is 6.07 Å². The van der Waals surface area contributed by atoms with E-state index >= 15 is 0 Å². The van der Waals surface area contributed by atoms with Crippen molar-refractivity contribution in [2.45, 2.75) is 18.9 Å². The van der Waals surface area contributed by atoms with Crippen LogP contribution in [0.3, 0.4) is 0 Å². The lowest BCUT2D eigenvalue weighted by Crippen LogP contribution is -2.30. The summed E-state index contributed by atoms with van der Waals surface area (Å²) < 4.78 is 18.8. The van der Waals surface area contributed by atoms with Gasteiger partial charge in [-0.05, 0) is 31.0 Å². The van der Waals surface area contributed by atoms with Crippen LogP contribution < -0.4 is 5.32 Å². The fourth-order valence-electron chi connectivity index (χ4n) is 1.78. The van der Waals surface area contributed by atoms with Gasteiger partial charge in [-0.2, -0.15) is 5.26 Å². The van der Waals surface area contributed by atoms with Crippen molar-refractivity contribution in [3.05, 3.63) is 29.6 Å². The monoisotopic (exact) mass is 220 g/mol. The molecule has 16 heavy (non-hydrogen) atoms. The van der Waals surface area contributed by atoms with Crippen molar-refractivity contribution in [2.75, 3.05) is 18.5 Å². The van der Waals surface area contributed by atoms with Crippen LogP contribution in [-0.4, -0.2) is 19.3 Å². The van der Waals surface area contributed by atoms with Crippen LogP contribution in [-0.2, 0) is 4.74 Å². The van der Waals surface area contributed by atoms with Crippen LogP contribution in [0.5, 0.6) is 0 Å². The molecule has 1 aliphatic heterocycles. The van der Waals surface area contributed by atoms with Crippen molar-refractivity contribution < 1.29 is 9.13 Å². The lowest BCUT2D eigenvalue weighted by molar-refractivity contribution is 0.0875. The predicted molar refractivity (Wildman–Crippen MR) is 58.6 cm³/mol. The summed E-state index contributed by atoms with van der Waals surface area (Å²) in [7, 11) is 0. The lowest BCUT2D eigenvalue weighted by Gasteiger charge is -2.24. The summed E-state index contributed by atoms with van der Waals surface area (Å²) in [6.45, 7) is 1.40. The second-order valence-corrected chi connectivity index (χ2v) is 3.86. The summed E-state index contributed by atoms with van der Waals surface area (Å²) in [5.74, 6) is -0.385. The molecule has 1 heterocycles. The highest BCUT2D eigenvalue weighted by Gasteiger charge is 2.15. The number of nitrogens with one attached hydrogen (secondary N) is 1. The van der Waals surface area contributed by atoms with Crippen LogP contribution in [0.15, 0.2) is 18.2 Å². The number of hydrogen-bond acceptors (Lipinski definition) is 3. The van der Waals surface area contributed by atoms with Gasteiger partial charge in [-0.1, -0.05) is 0 Å². The van der Waals surface area contributed by atoms with Crippen molar-refractivity contribution in [3.63, 3.8) is 0 Å². The van der Waals surface area contributed by atoms with E-state index in [0.717, 1.165) is 19.4 Å². The third kappa shape index (κ3) is 2.50. The van der Waals surface area contributed by atoms with Crippen molar-refractivity contribution >= 4 is 5.69 Å². The largest absolute Gasteiger partial charge is 0.379 e. The van der Waals surface area contributed by atoms with Crippen molar-refractivity contribution in [3.8, 4) is 6.07 Å². The van der Waals surface area contributed by atoms with Crippen molar-refractivity contribution in [2.24, 2.45) is 0 Å². The van der Waals surface area contributed by atoms with Gasteiger partial charge < -0.3 is 10.1 Å². The van der Waals surface area contributed by atoms with Crippen LogP contribution in [0.2, 0.25) is 0 Å². The fourth-order valence-corrected chi connectivity index (χ4v) is 1.78. The SMILES string of the molecule is N#Cc1ccc(NC2CCCOC2)c(F)c1. The van der Waals surface area contributed by atoms with E-state index in [-0.39, 0.29) is 11.9 Å². The van der Waals surface area contributed by atoms with Gasteiger partial charge in [0, 0.05) is 12.6 Å². The zero-order valence-electron chi connectivity index (χ0n) is 8.87. The molecule has 1 fully saturated rings. The van der Waals surface area contributed by atoms with E-state index in [2.05, 4.69) is 5.32 Å². The number of ether oxygens (including phenoxy) is 1. The fraction of sp³-hybridized carbons (Fsp3) is 0.417. The first-order valence-corrected chi connectivity index (χ1v) is 5.33. The summed E-state index contributed by atoms with van der Waals surface area (Å²) in [6, 6.07) is 6.52. The second kappa shape index (κ2) is 4.95. The summed E-state index contributed by atoms with van der Waals surface area (Å²) in [5.41, 5.74) is 0.775. The average molecular weight is 220 g/mol. The molecule has 0 spiro atoms. The first-order chi connectivity index (χ1) is 7.79. The molecular weight excluding hydrogens is 207 g/mol. The predicted octanol–water partition coefficient (Wildman–Crippen LogP) is 2.29. The summed E-state index contributed by atoms with van der Waals surface area (Å²) >= 11 is 0. The summed E-state index contributed by atoms with van der Waals surface area (Å²) in [6.07, 6.45) is 1.98. The quantitative estimate of drug-likeness (QED) is 0.831. The molecule has 0 aliphatic carbocycles. The maximum atomic E-state index is 13.5. The first kappa shape index (κ1) is 10.9. The van der Waals surface area contributed by atoms with Gasteiger partial charge in [0.1, 0.15) is 5.82 Å². The zero-order valence-corrected chi connectivity index (χ0v) is 8.87. The smallest absolute Gasteiger partial charge is 0.147 e. The maximum absolute atomic E-state index is 13.5. The van der Waals surface area contributed by atoms with Gasteiger partial charge in [-0.3, -0.25) is 0 Å². The lowest BCUT2D eigenvalue weighted by atomic mass is 10.1. The molecule has 1 atom stereocenters. The van der Waals surface area contributed by atoms with Gasteiger partial charge in [-0.15, -0.1) is 0 Å². The van der Waals surface area contributed by atoms with E-state index < -0.39 is 0 Å². The van der Waals surface area contributed by atoms with Gasteiger partial charge in [0.05, 0.1) is 23.9 Å². The van der Waals surface area contributed by atoms with Gasteiger partial charge in [-0.25, -0.2) is 4.39 Å². The molecule has 0 amide bonds. The third-order valence-electron chi connectivity index (χ3n) is 2.62. The molecule has 0 bridgehead atoms. The minimum absolute atomic E-state index is 0.163. The van der Waals surface area contributed by atoms with E-state index in [0.29, 0.717) is 17.9 Å². The molecule has 2 rings (SSSR count). The Kier molecular flexibility index (Phi) is 3.37. The van der Waals surface area contributed by atoms with Gasteiger partial charge in [0.15, 0.2) is 0 Å². The Hall–Kier alpha value is -1.60. The Balaban J connectivity index is 2.06. The van der Waals surface area contributed by atoms with Gasteiger partial charge >= 0.3 is 0 Å². The number of nitriles is 1. The number of halogens is 1. The highest BCUT2D eigenvalue weighted by molar-refractivity contribution is 5.49. The number of rotatable bonds is 2. The molecule has 3 nitrogen and oxygen atoms in total. The van der Waals surface area contributed by atoms with E-state index in [9.17, 15) is 4.39 Å². The second-order valence-electron chi connectivity index (χ2n) is 3.86. The normalized spacial score (nSPS) is 20.1. The minimum atomic E-state index is -0.385. The Labute approximate surface area is 93.8 Å². The number of benzene rings is 1. The molecule has 1 aromatic rings. The molecule has 84 valence electrons. The molecule has 1 unspecified atom stereocenters. The Morgan fingerprint density at radius 2 is 2.38 bits per heavy atom. The third-order valence-corrected chi connectivity index (χ3v) is 2.62. The van der Waals surface area contributed by atoms with Crippen LogP contribution in [0.25, 0.3) is 0 Å². The molecule has 1 saturated heterocycles. The highest BCUT2D eigenvalue weighted by Crippen LogP contribution is 2.19. The van der Waals surface area contributed by atoms with Gasteiger partial charge in [0.2, 0.25) is 0 Å².